The molecule has 0 atom stereocenters. The van der Waals surface area contributed by atoms with Crippen LogP contribution in [-0.2, 0) is 4.74 Å². The molecule has 2 aromatic rings. The van der Waals surface area contributed by atoms with E-state index >= 15 is 0 Å². The van der Waals surface area contributed by atoms with Crippen molar-refractivity contribution >= 4 is 23.2 Å². The van der Waals surface area contributed by atoms with E-state index in [0.717, 1.165) is 39.1 Å². The van der Waals surface area contributed by atoms with Crippen molar-refractivity contribution in [1.29, 1.82) is 0 Å². The average Bonchev–Trinajstić information content (AvgIpc) is 2.86. The second kappa shape index (κ2) is 10.9. The van der Waals surface area contributed by atoms with E-state index in [9.17, 15) is 18.8 Å². The third kappa shape index (κ3) is 5.16. The lowest BCUT2D eigenvalue weighted by atomic mass is 10.1. The molecule has 2 aromatic carbocycles. The summed E-state index contributed by atoms with van der Waals surface area (Å²) in [6.45, 7) is 8.68. The first-order valence-corrected chi connectivity index (χ1v) is 11.9. The Morgan fingerprint density at radius 1 is 0.971 bits per heavy atom. The third-order valence-corrected chi connectivity index (χ3v) is 6.53. The van der Waals surface area contributed by atoms with E-state index in [4.69, 9.17) is 4.74 Å². The number of carbonyl (C=O) groups is 1. The van der Waals surface area contributed by atoms with Gasteiger partial charge in [-0.05, 0) is 32.0 Å². The van der Waals surface area contributed by atoms with Crippen LogP contribution in [0.1, 0.15) is 13.3 Å². The second-order valence-corrected chi connectivity index (χ2v) is 8.62. The van der Waals surface area contributed by atoms with Gasteiger partial charge in [0.05, 0.1) is 12.3 Å². The number of hydrogen-bond acceptors (Lipinski definition) is 8. The largest absolute Gasteiger partial charge is 0.450 e. The molecule has 2 fully saturated rings. The van der Waals surface area contributed by atoms with Crippen LogP contribution in [-0.4, -0.2) is 87.9 Å². The zero-order chi connectivity index (χ0) is 24.1. The number of rotatable bonds is 8. The lowest BCUT2D eigenvalue weighted by Crippen LogP contribution is -2.53. The zero-order valence-corrected chi connectivity index (χ0v) is 19.6. The summed E-state index contributed by atoms with van der Waals surface area (Å²) in [6.07, 6.45) is 0.481. The highest BCUT2D eigenvalue weighted by Crippen LogP contribution is 2.22. The van der Waals surface area contributed by atoms with Crippen LogP contribution in [0.15, 0.2) is 33.9 Å². The van der Waals surface area contributed by atoms with E-state index in [1.165, 1.54) is 6.07 Å². The van der Waals surface area contributed by atoms with E-state index in [2.05, 4.69) is 15.1 Å². The number of para-hydroxylation sites is 1. The minimum absolute atomic E-state index is 0.189. The van der Waals surface area contributed by atoms with E-state index in [1.54, 1.807) is 17.9 Å². The van der Waals surface area contributed by atoms with Crippen molar-refractivity contribution in [3.63, 3.8) is 0 Å². The summed E-state index contributed by atoms with van der Waals surface area (Å²) in [5.41, 5.74) is 0.545. The Kier molecular flexibility index (Phi) is 7.66. The number of nitrogens with one attached hydrogen (secondary N) is 1. The first-order valence-electron chi connectivity index (χ1n) is 11.9. The van der Waals surface area contributed by atoms with Gasteiger partial charge < -0.3 is 24.8 Å². The van der Waals surface area contributed by atoms with Gasteiger partial charge in [-0.1, -0.05) is 12.1 Å². The van der Waals surface area contributed by atoms with E-state index in [0.29, 0.717) is 56.4 Å². The molecule has 1 N–H and O–H groups in total. The van der Waals surface area contributed by atoms with Crippen molar-refractivity contribution in [2.45, 2.75) is 13.3 Å². The van der Waals surface area contributed by atoms with Gasteiger partial charge in [0.25, 0.3) is 10.9 Å². The number of carbonyl (C=O) groups excluding carboxylic acids is 1. The van der Waals surface area contributed by atoms with Gasteiger partial charge in [-0.15, -0.1) is 0 Å². The molecule has 2 aliphatic heterocycles. The average molecular weight is 474 g/mol. The van der Waals surface area contributed by atoms with Crippen LogP contribution < -0.4 is 26.0 Å². The van der Waals surface area contributed by atoms with E-state index in [1.807, 2.05) is 17.0 Å². The molecule has 2 saturated heterocycles. The summed E-state index contributed by atoms with van der Waals surface area (Å²) in [6, 6.07) is 6.86. The first kappa shape index (κ1) is 24.0. The van der Waals surface area contributed by atoms with Crippen molar-refractivity contribution in [2.24, 2.45) is 0 Å². The summed E-state index contributed by atoms with van der Waals surface area (Å²) in [5, 5.41) is 3.16. The predicted octanol–water partition coefficient (Wildman–Crippen LogP) is 1.32. The monoisotopic (exact) mass is 473 g/mol. The number of benzene rings is 1. The van der Waals surface area contributed by atoms with Gasteiger partial charge in [0.15, 0.2) is 0 Å². The fourth-order valence-corrected chi connectivity index (χ4v) is 4.61. The van der Waals surface area contributed by atoms with Crippen molar-refractivity contribution in [1.82, 2.24) is 9.80 Å². The van der Waals surface area contributed by atoms with Gasteiger partial charge in [-0.3, -0.25) is 14.5 Å². The molecular formula is C24H32FN5O4. The summed E-state index contributed by atoms with van der Waals surface area (Å²) in [7, 11) is 0. The van der Waals surface area contributed by atoms with Gasteiger partial charge in [0.1, 0.15) is 17.2 Å². The standard InChI is InChI=1S/C24H32FN5O4/c1-2-34-24(33)30-16-14-29(15-17-30)21-20(22(31)23(21)32)26-8-5-9-27-10-12-28(13-11-27)19-7-4-3-6-18(19)25/h3-4,6-7,26H,2,5,8-17H2,1H3. The van der Waals surface area contributed by atoms with Crippen LogP contribution in [0.25, 0.3) is 0 Å². The van der Waals surface area contributed by atoms with Crippen LogP contribution in [0.3, 0.4) is 0 Å². The Bertz CT molecular complexity index is 1050. The molecule has 9 nitrogen and oxygen atoms in total. The quantitative estimate of drug-likeness (QED) is 0.454. The van der Waals surface area contributed by atoms with Gasteiger partial charge >= 0.3 is 6.09 Å². The molecule has 0 spiro atoms. The number of ether oxygens (including phenoxy) is 1. The summed E-state index contributed by atoms with van der Waals surface area (Å²) >= 11 is 0. The molecule has 34 heavy (non-hydrogen) atoms. The van der Waals surface area contributed by atoms with E-state index < -0.39 is 10.9 Å². The number of piperazine rings is 2. The first-order chi connectivity index (χ1) is 16.5. The fourth-order valence-electron chi connectivity index (χ4n) is 4.61. The number of anilines is 3. The molecule has 0 aliphatic carbocycles. The fraction of sp³-hybridized carbons (Fsp3) is 0.542. The Morgan fingerprint density at radius 2 is 1.65 bits per heavy atom. The van der Waals surface area contributed by atoms with Gasteiger partial charge in [0.2, 0.25) is 0 Å². The van der Waals surface area contributed by atoms with Gasteiger partial charge in [0, 0.05) is 58.9 Å². The second-order valence-electron chi connectivity index (χ2n) is 8.62. The Hall–Kier alpha value is -3.14. The van der Waals surface area contributed by atoms with E-state index in [-0.39, 0.29) is 11.9 Å². The predicted molar refractivity (Wildman–Crippen MR) is 130 cm³/mol. The maximum atomic E-state index is 14.0. The summed E-state index contributed by atoms with van der Waals surface area (Å²) < 4.78 is 19.0. The van der Waals surface area contributed by atoms with Gasteiger partial charge in [-0.25, -0.2) is 9.18 Å². The number of hydrogen-bond donors (Lipinski definition) is 1. The van der Waals surface area contributed by atoms with Crippen molar-refractivity contribution in [3.05, 3.63) is 50.5 Å². The molecule has 10 heteroatoms. The summed E-state index contributed by atoms with van der Waals surface area (Å²) in [4.78, 5) is 44.1. The molecule has 4 rings (SSSR count). The zero-order valence-electron chi connectivity index (χ0n) is 19.6. The van der Waals surface area contributed by atoms with Crippen molar-refractivity contribution in [3.8, 4) is 0 Å². The highest BCUT2D eigenvalue weighted by atomic mass is 19.1. The van der Waals surface area contributed by atoms with Crippen LogP contribution in [0, 0.1) is 5.82 Å². The Balaban J connectivity index is 1.20. The van der Waals surface area contributed by atoms with Crippen molar-refractivity contribution in [2.75, 3.05) is 87.2 Å². The molecule has 1 amide bonds. The third-order valence-electron chi connectivity index (χ3n) is 6.53. The van der Waals surface area contributed by atoms with Gasteiger partial charge in [-0.2, -0.15) is 0 Å². The Morgan fingerprint density at radius 3 is 2.32 bits per heavy atom. The van der Waals surface area contributed by atoms with Crippen LogP contribution in [0.5, 0.6) is 0 Å². The molecule has 0 saturated carbocycles. The lowest BCUT2D eigenvalue weighted by molar-refractivity contribution is 0.105. The minimum atomic E-state index is -0.471. The molecule has 2 aliphatic rings. The maximum Gasteiger partial charge on any atom is 0.409 e. The minimum Gasteiger partial charge on any atom is -0.450 e. The number of halogens is 1. The molecule has 0 radical (unpaired) electrons. The van der Waals surface area contributed by atoms with Crippen LogP contribution in [0.4, 0.5) is 26.2 Å². The number of amides is 1. The number of nitrogens with zero attached hydrogens (tertiary/aromatic N) is 4. The normalized spacial score (nSPS) is 17.3. The molecule has 0 aromatic heterocycles. The maximum absolute atomic E-state index is 14.0. The topological polar surface area (TPSA) is 85.4 Å². The lowest BCUT2D eigenvalue weighted by Gasteiger charge is -2.37. The molecular weight excluding hydrogens is 441 g/mol. The molecule has 2 heterocycles. The molecule has 0 unspecified atom stereocenters. The molecule has 184 valence electrons. The molecule has 0 bridgehead atoms. The highest BCUT2D eigenvalue weighted by molar-refractivity contribution is 5.76. The van der Waals surface area contributed by atoms with Crippen LogP contribution in [0.2, 0.25) is 0 Å². The highest BCUT2D eigenvalue weighted by Gasteiger charge is 2.30. The summed E-state index contributed by atoms with van der Waals surface area (Å²) in [5.74, 6) is -0.189. The van der Waals surface area contributed by atoms with Crippen LogP contribution >= 0.6 is 0 Å². The Labute approximate surface area is 198 Å². The van der Waals surface area contributed by atoms with Crippen molar-refractivity contribution < 1.29 is 13.9 Å². The SMILES string of the molecule is CCOC(=O)N1CCN(c2c(NCCCN3CCN(c4ccccc4F)CC3)c(=O)c2=O)CC1. The smallest absolute Gasteiger partial charge is 0.409 e.